The maximum Gasteiger partial charge on any atom is 0.251 e. The molecule has 1 aromatic carbocycles. The van der Waals surface area contributed by atoms with Gasteiger partial charge in [-0.15, -0.1) is 11.8 Å². The minimum absolute atomic E-state index is 0.128. The molecule has 3 N–H and O–H groups in total. The van der Waals surface area contributed by atoms with Crippen molar-refractivity contribution in [1.82, 2.24) is 20.3 Å². The Hall–Kier alpha value is -3.05. The third kappa shape index (κ3) is 5.80. The Morgan fingerprint density at radius 1 is 1.22 bits per heavy atom. The summed E-state index contributed by atoms with van der Waals surface area (Å²) in [6.07, 6.45) is 8.05. The summed E-state index contributed by atoms with van der Waals surface area (Å²) in [5.74, 6) is 0.847. The second kappa shape index (κ2) is 10.5. The first-order chi connectivity index (χ1) is 15.6. The van der Waals surface area contributed by atoms with Gasteiger partial charge in [-0.05, 0) is 30.4 Å². The van der Waals surface area contributed by atoms with E-state index < -0.39 is 0 Å². The SMILES string of the molecule is CSc1cnc(NC[C@H](C)CNc2nc3ccc(C(=O)NCC4=NN=CC4)cc3s2)nc1. The monoisotopic (exact) mass is 468 g/mol. The fourth-order valence-electron chi connectivity index (χ4n) is 2.95. The first kappa shape index (κ1) is 22.2. The minimum Gasteiger partial charge on any atom is -0.361 e. The smallest absolute Gasteiger partial charge is 0.251 e. The third-order valence-corrected chi connectivity index (χ3v) is 6.44. The lowest BCUT2D eigenvalue weighted by Gasteiger charge is -2.13. The maximum atomic E-state index is 12.4. The van der Waals surface area contributed by atoms with Gasteiger partial charge < -0.3 is 16.0 Å². The molecule has 0 spiro atoms. The van der Waals surface area contributed by atoms with Crippen molar-refractivity contribution in [2.75, 3.05) is 36.5 Å². The van der Waals surface area contributed by atoms with E-state index >= 15 is 0 Å². The van der Waals surface area contributed by atoms with Crippen LogP contribution in [0.1, 0.15) is 23.7 Å². The number of fused-ring (bicyclic) bond motifs is 1. The van der Waals surface area contributed by atoms with Gasteiger partial charge in [-0.25, -0.2) is 15.0 Å². The summed E-state index contributed by atoms with van der Waals surface area (Å²) in [7, 11) is 0. The normalized spacial score (nSPS) is 13.8. The van der Waals surface area contributed by atoms with Crippen LogP contribution in [-0.2, 0) is 0 Å². The molecule has 1 atom stereocenters. The Morgan fingerprint density at radius 2 is 2.03 bits per heavy atom. The highest BCUT2D eigenvalue weighted by Gasteiger charge is 2.12. The molecule has 11 heteroatoms. The van der Waals surface area contributed by atoms with Crippen LogP contribution in [-0.4, -0.2) is 58.7 Å². The number of carbonyl (C=O) groups excluding carboxylic acids is 1. The van der Waals surface area contributed by atoms with E-state index in [9.17, 15) is 4.79 Å². The number of benzene rings is 1. The van der Waals surface area contributed by atoms with E-state index in [1.807, 2.05) is 30.8 Å². The standard InChI is InChI=1S/C21H24N8OS2/c1-13(8-23-20-24-11-16(31-2)12-25-20)9-26-21-28-17-4-3-14(7-18(17)32-21)19(30)22-10-15-5-6-27-29-15/h3-4,6-7,11-13H,5,8-10H2,1-2H3,(H,22,30)(H,26,28)(H,23,24,25)/t13-/m0/s1. The molecule has 4 rings (SSSR count). The lowest BCUT2D eigenvalue weighted by atomic mass is 10.2. The van der Waals surface area contributed by atoms with Crippen LogP contribution < -0.4 is 16.0 Å². The summed E-state index contributed by atoms with van der Waals surface area (Å²) in [5, 5.41) is 18.2. The molecule has 3 aromatic rings. The molecule has 0 fully saturated rings. The molecular weight excluding hydrogens is 444 g/mol. The lowest BCUT2D eigenvalue weighted by molar-refractivity contribution is 0.0959. The molecule has 2 aromatic heterocycles. The molecule has 0 saturated heterocycles. The van der Waals surface area contributed by atoms with Crippen molar-refractivity contribution in [2.45, 2.75) is 18.2 Å². The molecule has 0 saturated carbocycles. The molecule has 9 nitrogen and oxygen atoms in total. The van der Waals surface area contributed by atoms with Crippen molar-refractivity contribution in [3.8, 4) is 0 Å². The van der Waals surface area contributed by atoms with Crippen LogP contribution in [0.25, 0.3) is 10.2 Å². The van der Waals surface area contributed by atoms with Crippen molar-refractivity contribution in [3.63, 3.8) is 0 Å². The molecule has 1 amide bonds. The molecule has 0 aliphatic carbocycles. The van der Waals surface area contributed by atoms with E-state index in [0.717, 1.165) is 39.0 Å². The Balaban J connectivity index is 1.27. The molecule has 166 valence electrons. The molecule has 0 bridgehead atoms. The summed E-state index contributed by atoms with van der Waals surface area (Å²) in [6, 6.07) is 5.55. The lowest BCUT2D eigenvalue weighted by Crippen LogP contribution is -2.28. The molecule has 32 heavy (non-hydrogen) atoms. The zero-order chi connectivity index (χ0) is 22.3. The van der Waals surface area contributed by atoms with Crippen molar-refractivity contribution >= 4 is 62.2 Å². The van der Waals surface area contributed by atoms with Crippen LogP contribution in [0.3, 0.4) is 0 Å². The van der Waals surface area contributed by atoms with Gasteiger partial charge in [0.15, 0.2) is 5.13 Å². The van der Waals surface area contributed by atoms with Crippen LogP contribution in [0.2, 0.25) is 0 Å². The van der Waals surface area contributed by atoms with Gasteiger partial charge in [-0.1, -0.05) is 18.3 Å². The van der Waals surface area contributed by atoms with Gasteiger partial charge in [0.05, 0.1) is 22.5 Å². The molecule has 1 aliphatic rings. The van der Waals surface area contributed by atoms with Gasteiger partial charge in [0.2, 0.25) is 5.95 Å². The number of nitrogens with one attached hydrogen (secondary N) is 3. The Kier molecular flexibility index (Phi) is 7.28. The first-order valence-electron chi connectivity index (χ1n) is 10.2. The Morgan fingerprint density at radius 3 is 2.78 bits per heavy atom. The number of nitrogens with zero attached hydrogens (tertiary/aromatic N) is 5. The maximum absolute atomic E-state index is 12.4. The molecule has 0 unspecified atom stereocenters. The van der Waals surface area contributed by atoms with Gasteiger partial charge in [0, 0.05) is 48.6 Å². The van der Waals surface area contributed by atoms with E-state index in [1.165, 1.54) is 11.3 Å². The van der Waals surface area contributed by atoms with Crippen molar-refractivity contribution in [3.05, 3.63) is 36.2 Å². The summed E-state index contributed by atoms with van der Waals surface area (Å²) >= 11 is 3.16. The zero-order valence-corrected chi connectivity index (χ0v) is 19.5. The van der Waals surface area contributed by atoms with Crippen LogP contribution in [0.4, 0.5) is 11.1 Å². The average Bonchev–Trinajstić information content (AvgIpc) is 3.49. The molecule has 1 aliphatic heterocycles. The number of amides is 1. The summed E-state index contributed by atoms with van der Waals surface area (Å²) in [5.41, 5.74) is 2.34. The number of hydrogen-bond donors (Lipinski definition) is 3. The largest absolute Gasteiger partial charge is 0.361 e. The second-order valence-electron chi connectivity index (χ2n) is 7.37. The second-order valence-corrected chi connectivity index (χ2v) is 9.28. The number of rotatable bonds is 10. The van der Waals surface area contributed by atoms with E-state index in [4.69, 9.17) is 0 Å². The highest BCUT2D eigenvalue weighted by Crippen LogP contribution is 2.27. The minimum atomic E-state index is -0.128. The highest BCUT2D eigenvalue weighted by molar-refractivity contribution is 7.98. The van der Waals surface area contributed by atoms with Crippen LogP contribution >= 0.6 is 23.1 Å². The van der Waals surface area contributed by atoms with Crippen molar-refractivity contribution in [2.24, 2.45) is 16.1 Å². The number of hydrogen-bond acceptors (Lipinski definition) is 10. The number of thiazole rings is 1. The predicted octanol–water partition coefficient (Wildman–Crippen LogP) is 3.53. The van der Waals surface area contributed by atoms with Gasteiger partial charge in [0.25, 0.3) is 5.91 Å². The topological polar surface area (TPSA) is 117 Å². The van der Waals surface area contributed by atoms with Crippen LogP contribution in [0.15, 0.2) is 45.7 Å². The number of aromatic nitrogens is 3. The van der Waals surface area contributed by atoms with E-state index in [1.54, 1.807) is 24.0 Å². The number of thioether (sulfide) groups is 1. The van der Waals surface area contributed by atoms with Gasteiger partial charge in [-0.2, -0.15) is 10.2 Å². The fraction of sp³-hybridized carbons (Fsp3) is 0.333. The van der Waals surface area contributed by atoms with Crippen LogP contribution in [0.5, 0.6) is 0 Å². The first-order valence-corrected chi connectivity index (χ1v) is 12.2. The summed E-state index contributed by atoms with van der Waals surface area (Å²) < 4.78 is 0.967. The van der Waals surface area contributed by atoms with E-state index in [0.29, 0.717) is 30.4 Å². The quantitative estimate of drug-likeness (QED) is 0.390. The fourth-order valence-corrected chi connectivity index (χ4v) is 4.18. The number of carbonyl (C=O) groups is 1. The van der Waals surface area contributed by atoms with Crippen molar-refractivity contribution < 1.29 is 4.79 Å². The molecular formula is C21H24N8OS2. The number of anilines is 2. The van der Waals surface area contributed by atoms with E-state index in [2.05, 4.69) is 48.0 Å². The predicted molar refractivity (Wildman–Crippen MR) is 132 cm³/mol. The zero-order valence-electron chi connectivity index (χ0n) is 17.8. The molecule has 3 heterocycles. The summed E-state index contributed by atoms with van der Waals surface area (Å²) in [6.45, 7) is 4.06. The van der Waals surface area contributed by atoms with E-state index in [-0.39, 0.29) is 5.91 Å². The van der Waals surface area contributed by atoms with Gasteiger partial charge in [-0.3, -0.25) is 4.79 Å². The third-order valence-electron chi connectivity index (χ3n) is 4.79. The highest BCUT2D eigenvalue weighted by atomic mass is 32.2. The Bertz CT molecular complexity index is 1140. The Labute approximate surface area is 194 Å². The van der Waals surface area contributed by atoms with Crippen molar-refractivity contribution in [1.29, 1.82) is 0 Å². The van der Waals surface area contributed by atoms with Gasteiger partial charge in [0.1, 0.15) is 0 Å². The summed E-state index contributed by atoms with van der Waals surface area (Å²) in [4.78, 5) is 26.7. The average molecular weight is 469 g/mol. The van der Waals surface area contributed by atoms with Crippen LogP contribution in [0, 0.1) is 5.92 Å². The molecule has 0 radical (unpaired) electrons. The van der Waals surface area contributed by atoms with Gasteiger partial charge >= 0.3 is 0 Å².